The third kappa shape index (κ3) is 3.63. The van der Waals surface area contributed by atoms with Crippen molar-refractivity contribution < 1.29 is 4.74 Å². The number of methoxy groups -OCH3 is 1. The van der Waals surface area contributed by atoms with Crippen molar-refractivity contribution in [3.8, 4) is 5.75 Å². The van der Waals surface area contributed by atoms with Gasteiger partial charge in [-0.15, -0.1) is 0 Å². The van der Waals surface area contributed by atoms with Crippen LogP contribution in [-0.4, -0.2) is 12.9 Å². The molecule has 0 radical (unpaired) electrons. The third-order valence-electron chi connectivity index (χ3n) is 2.47. The van der Waals surface area contributed by atoms with Crippen LogP contribution in [0.1, 0.15) is 26.3 Å². The molecule has 1 aromatic carbocycles. The fourth-order valence-electron chi connectivity index (χ4n) is 1.28. The molecule has 0 heterocycles. The predicted octanol–water partition coefficient (Wildman–Crippen LogP) is 3.25. The topological polar surface area (TPSA) is 47.6 Å². The molecule has 3 nitrogen and oxygen atoms in total. The van der Waals surface area contributed by atoms with Crippen molar-refractivity contribution in [2.75, 3.05) is 7.11 Å². The summed E-state index contributed by atoms with van der Waals surface area (Å²) in [6.07, 6.45) is 0. The molecule has 0 unspecified atom stereocenters. The number of halogens is 1. The van der Waals surface area contributed by atoms with E-state index in [2.05, 4.69) is 4.99 Å². The summed E-state index contributed by atoms with van der Waals surface area (Å²) in [6.45, 7) is 6.51. The Morgan fingerprint density at radius 2 is 2.06 bits per heavy atom. The lowest BCUT2D eigenvalue weighted by atomic mass is 9.95. The fraction of sp³-hybridized carbons (Fsp3) is 0.462. The van der Waals surface area contributed by atoms with Crippen LogP contribution >= 0.6 is 11.6 Å². The van der Waals surface area contributed by atoms with Crippen molar-refractivity contribution in [3.63, 3.8) is 0 Å². The Morgan fingerprint density at radius 1 is 1.41 bits per heavy atom. The molecule has 0 saturated heterocycles. The normalized spacial score (nSPS) is 12.6. The lowest BCUT2D eigenvalue weighted by Crippen LogP contribution is -2.29. The minimum absolute atomic E-state index is 0.130. The molecule has 0 saturated carbocycles. The summed E-state index contributed by atoms with van der Waals surface area (Å²) >= 11 is 6.12. The van der Waals surface area contributed by atoms with Crippen LogP contribution in [0.2, 0.25) is 5.02 Å². The zero-order valence-electron chi connectivity index (χ0n) is 10.7. The Kier molecular flexibility index (Phi) is 4.40. The van der Waals surface area contributed by atoms with Crippen molar-refractivity contribution in [3.05, 3.63) is 28.8 Å². The van der Waals surface area contributed by atoms with Gasteiger partial charge in [0.1, 0.15) is 5.75 Å². The van der Waals surface area contributed by atoms with Gasteiger partial charge in [-0.2, -0.15) is 0 Å². The van der Waals surface area contributed by atoms with Crippen LogP contribution in [0.3, 0.4) is 0 Å². The first-order valence-corrected chi connectivity index (χ1v) is 5.86. The van der Waals surface area contributed by atoms with Gasteiger partial charge in [-0.1, -0.05) is 38.4 Å². The maximum atomic E-state index is 6.12. The summed E-state index contributed by atoms with van der Waals surface area (Å²) in [5, 5.41) is 0.648. The number of aliphatic imine (C=N–C) groups is 1. The summed E-state index contributed by atoms with van der Waals surface area (Å²) < 4.78 is 5.25. The third-order valence-corrected chi connectivity index (χ3v) is 2.83. The van der Waals surface area contributed by atoms with Gasteiger partial charge in [0, 0.05) is 16.0 Å². The zero-order chi connectivity index (χ0) is 13.1. The molecule has 94 valence electrons. The highest BCUT2D eigenvalue weighted by molar-refractivity contribution is 6.31. The highest BCUT2D eigenvalue weighted by Crippen LogP contribution is 2.27. The van der Waals surface area contributed by atoms with Crippen molar-refractivity contribution in [2.45, 2.75) is 27.3 Å². The Labute approximate surface area is 108 Å². The van der Waals surface area contributed by atoms with E-state index < -0.39 is 0 Å². The van der Waals surface area contributed by atoms with Crippen LogP contribution in [0.5, 0.6) is 5.75 Å². The number of hydrogen-bond donors (Lipinski definition) is 1. The van der Waals surface area contributed by atoms with Crippen LogP contribution < -0.4 is 10.5 Å². The molecule has 4 heteroatoms. The Morgan fingerprint density at radius 3 is 2.59 bits per heavy atom. The van der Waals surface area contributed by atoms with E-state index in [0.717, 1.165) is 11.3 Å². The van der Waals surface area contributed by atoms with Crippen molar-refractivity contribution in [1.82, 2.24) is 0 Å². The van der Waals surface area contributed by atoms with Gasteiger partial charge in [0.25, 0.3) is 0 Å². The highest BCUT2D eigenvalue weighted by atomic mass is 35.5. The van der Waals surface area contributed by atoms with Crippen molar-refractivity contribution in [2.24, 2.45) is 16.1 Å². The minimum atomic E-state index is -0.130. The first-order chi connectivity index (χ1) is 7.86. The Hall–Kier alpha value is -1.22. The van der Waals surface area contributed by atoms with E-state index in [1.807, 2.05) is 39.0 Å². The number of rotatable bonds is 3. The molecule has 0 aliphatic heterocycles. The largest absolute Gasteiger partial charge is 0.496 e. The number of hydrogen-bond acceptors (Lipinski definition) is 2. The van der Waals surface area contributed by atoms with Gasteiger partial charge in [-0.25, -0.2) is 0 Å². The quantitative estimate of drug-likeness (QED) is 0.665. The fourth-order valence-corrected chi connectivity index (χ4v) is 1.51. The molecular weight excluding hydrogens is 236 g/mol. The molecule has 1 rings (SSSR count). The molecule has 1 aromatic rings. The molecule has 0 aliphatic carbocycles. The summed E-state index contributed by atoms with van der Waals surface area (Å²) in [4.78, 5) is 4.37. The summed E-state index contributed by atoms with van der Waals surface area (Å²) in [5.41, 5.74) is 6.64. The van der Waals surface area contributed by atoms with Crippen molar-refractivity contribution in [1.29, 1.82) is 0 Å². The van der Waals surface area contributed by atoms with Gasteiger partial charge in [0.05, 0.1) is 19.5 Å². The van der Waals surface area contributed by atoms with E-state index in [9.17, 15) is 0 Å². The van der Waals surface area contributed by atoms with Crippen LogP contribution in [0.25, 0.3) is 0 Å². The average molecular weight is 255 g/mol. The molecular formula is C13H19ClN2O. The second-order valence-corrected chi connectivity index (χ2v) is 5.28. The lowest BCUT2D eigenvalue weighted by Gasteiger charge is -2.17. The van der Waals surface area contributed by atoms with E-state index >= 15 is 0 Å². The van der Waals surface area contributed by atoms with Gasteiger partial charge < -0.3 is 10.5 Å². The standard InChI is InChI=1S/C13H19ClN2O/c1-13(2,3)12(15)16-8-9-10(14)6-5-7-11(9)17-4/h5-7H,8H2,1-4H3,(H2,15,16). The number of nitrogens with two attached hydrogens (primary N) is 1. The first-order valence-electron chi connectivity index (χ1n) is 5.48. The average Bonchev–Trinajstić information content (AvgIpc) is 2.25. The molecule has 2 N–H and O–H groups in total. The summed E-state index contributed by atoms with van der Waals surface area (Å²) in [6, 6.07) is 5.54. The monoisotopic (exact) mass is 254 g/mol. The predicted molar refractivity (Wildman–Crippen MR) is 72.8 cm³/mol. The number of benzene rings is 1. The second kappa shape index (κ2) is 5.41. The molecule has 0 bridgehead atoms. The SMILES string of the molecule is COc1cccc(Cl)c1CN=C(N)C(C)(C)C. The van der Waals surface area contributed by atoms with Crippen LogP contribution in [0.4, 0.5) is 0 Å². The van der Waals surface area contributed by atoms with E-state index in [1.54, 1.807) is 7.11 Å². The molecule has 17 heavy (non-hydrogen) atoms. The minimum Gasteiger partial charge on any atom is -0.496 e. The van der Waals surface area contributed by atoms with Gasteiger partial charge >= 0.3 is 0 Å². The molecule has 0 atom stereocenters. The molecule has 0 aromatic heterocycles. The number of nitrogens with zero attached hydrogens (tertiary/aromatic N) is 1. The molecule has 0 fully saturated rings. The highest BCUT2D eigenvalue weighted by Gasteiger charge is 2.15. The number of ether oxygens (including phenoxy) is 1. The van der Waals surface area contributed by atoms with E-state index in [4.69, 9.17) is 22.1 Å². The first kappa shape index (κ1) is 13.8. The molecule has 0 spiro atoms. The van der Waals surface area contributed by atoms with Crippen molar-refractivity contribution >= 4 is 17.4 Å². The van der Waals surface area contributed by atoms with Gasteiger partial charge in [0.15, 0.2) is 0 Å². The van der Waals surface area contributed by atoms with Crippen LogP contribution in [0, 0.1) is 5.41 Å². The summed E-state index contributed by atoms with van der Waals surface area (Å²) in [5.74, 6) is 1.35. The molecule has 0 amide bonds. The van der Waals surface area contributed by atoms with E-state index in [0.29, 0.717) is 17.4 Å². The maximum Gasteiger partial charge on any atom is 0.125 e. The van der Waals surface area contributed by atoms with Gasteiger partial charge in [-0.05, 0) is 12.1 Å². The maximum absolute atomic E-state index is 6.12. The van der Waals surface area contributed by atoms with Crippen LogP contribution in [-0.2, 0) is 6.54 Å². The number of amidine groups is 1. The summed E-state index contributed by atoms with van der Waals surface area (Å²) in [7, 11) is 1.62. The second-order valence-electron chi connectivity index (χ2n) is 4.87. The van der Waals surface area contributed by atoms with Crippen LogP contribution in [0.15, 0.2) is 23.2 Å². The zero-order valence-corrected chi connectivity index (χ0v) is 11.5. The Bertz CT molecular complexity index is 422. The lowest BCUT2D eigenvalue weighted by molar-refractivity contribution is 0.410. The van der Waals surface area contributed by atoms with E-state index in [-0.39, 0.29) is 5.41 Å². The molecule has 0 aliphatic rings. The van der Waals surface area contributed by atoms with Gasteiger partial charge in [-0.3, -0.25) is 4.99 Å². The smallest absolute Gasteiger partial charge is 0.125 e. The van der Waals surface area contributed by atoms with E-state index in [1.165, 1.54) is 0 Å². The Balaban J connectivity index is 2.97. The van der Waals surface area contributed by atoms with Gasteiger partial charge in [0.2, 0.25) is 0 Å².